The van der Waals surface area contributed by atoms with Crippen molar-refractivity contribution in [2.45, 2.75) is 26.4 Å². The second kappa shape index (κ2) is 9.62. The highest BCUT2D eigenvalue weighted by Gasteiger charge is 2.28. The second-order valence-electron chi connectivity index (χ2n) is 8.48. The van der Waals surface area contributed by atoms with Gasteiger partial charge in [0, 0.05) is 39.0 Å². The van der Waals surface area contributed by atoms with E-state index in [1.165, 1.54) is 6.07 Å². The second-order valence-corrected chi connectivity index (χ2v) is 8.48. The molecule has 1 amide bonds. The Labute approximate surface area is 193 Å². The number of morpholine rings is 1. The van der Waals surface area contributed by atoms with Gasteiger partial charge in [-0.2, -0.15) is 0 Å². The van der Waals surface area contributed by atoms with Crippen LogP contribution in [0.2, 0.25) is 0 Å². The van der Waals surface area contributed by atoms with E-state index in [9.17, 15) is 9.18 Å². The highest BCUT2D eigenvalue weighted by atomic mass is 19.1. The molecule has 0 bridgehead atoms. The molecular weight excluding hydrogens is 421 g/mol. The molecule has 2 aromatic heterocycles. The van der Waals surface area contributed by atoms with Gasteiger partial charge in [0.25, 0.3) is 5.91 Å². The number of anilines is 1. The van der Waals surface area contributed by atoms with Gasteiger partial charge in [0.1, 0.15) is 11.9 Å². The minimum atomic E-state index is -0.357. The zero-order chi connectivity index (χ0) is 23.5. The van der Waals surface area contributed by atoms with E-state index in [1.54, 1.807) is 28.1 Å². The maximum atomic E-state index is 14.1. The first-order valence-electron chi connectivity index (χ1n) is 10.9. The van der Waals surface area contributed by atoms with E-state index >= 15 is 0 Å². The average Bonchev–Trinajstić information content (AvgIpc) is 2.80. The van der Waals surface area contributed by atoms with Crippen molar-refractivity contribution in [1.82, 2.24) is 19.9 Å². The number of aromatic nitrogens is 3. The summed E-state index contributed by atoms with van der Waals surface area (Å²) in [5.74, 6) is 0.220. The van der Waals surface area contributed by atoms with Crippen LogP contribution in [-0.4, -0.2) is 59.6 Å². The number of hydrogen-bond donors (Lipinski definition) is 0. The van der Waals surface area contributed by atoms with Crippen molar-refractivity contribution in [3.8, 4) is 0 Å². The highest BCUT2D eigenvalue weighted by Crippen LogP contribution is 2.25. The molecule has 0 saturated carbocycles. The first-order chi connectivity index (χ1) is 15.8. The van der Waals surface area contributed by atoms with Gasteiger partial charge in [-0.15, -0.1) is 0 Å². The molecule has 1 aromatic carbocycles. The number of halogens is 1. The number of nitrogens with zero attached hydrogens (tertiary/aromatic N) is 5. The van der Waals surface area contributed by atoms with E-state index in [2.05, 4.69) is 15.0 Å². The zero-order valence-electron chi connectivity index (χ0n) is 19.4. The van der Waals surface area contributed by atoms with E-state index < -0.39 is 0 Å². The van der Waals surface area contributed by atoms with Gasteiger partial charge in [0.2, 0.25) is 5.95 Å². The van der Waals surface area contributed by atoms with E-state index in [0.717, 1.165) is 17.0 Å². The molecule has 3 heterocycles. The number of carbonyl (C=O) groups excluding carboxylic acids is 1. The molecule has 1 saturated heterocycles. The largest absolute Gasteiger partial charge is 0.368 e. The van der Waals surface area contributed by atoms with Crippen LogP contribution in [0.25, 0.3) is 0 Å². The molecule has 172 valence electrons. The number of benzene rings is 1. The molecule has 8 heteroatoms. The van der Waals surface area contributed by atoms with E-state index in [0.29, 0.717) is 48.9 Å². The third kappa shape index (κ3) is 5.17. The molecule has 7 nitrogen and oxygen atoms in total. The Balaban J connectivity index is 1.53. The van der Waals surface area contributed by atoms with E-state index in [-0.39, 0.29) is 17.8 Å². The van der Waals surface area contributed by atoms with Crippen molar-refractivity contribution in [2.24, 2.45) is 0 Å². The highest BCUT2D eigenvalue weighted by molar-refractivity contribution is 5.95. The molecule has 0 N–H and O–H groups in total. The summed E-state index contributed by atoms with van der Waals surface area (Å²) in [6.07, 6.45) is 1.69. The van der Waals surface area contributed by atoms with Crippen LogP contribution in [0.1, 0.15) is 44.7 Å². The Morgan fingerprint density at radius 2 is 2.00 bits per heavy atom. The number of hydrogen-bond acceptors (Lipinski definition) is 6. The smallest absolute Gasteiger partial charge is 0.257 e. The summed E-state index contributed by atoms with van der Waals surface area (Å²) < 4.78 is 20.1. The summed E-state index contributed by atoms with van der Waals surface area (Å²) in [6.45, 7) is 5.00. The molecule has 1 aliphatic heterocycles. The predicted molar refractivity (Wildman–Crippen MR) is 124 cm³/mol. The lowest BCUT2D eigenvalue weighted by Crippen LogP contribution is -2.43. The normalized spacial score (nSPS) is 16.0. The van der Waals surface area contributed by atoms with Crippen LogP contribution in [0, 0.1) is 19.7 Å². The number of pyridine rings is 1. The fourth-order valence-corrected chi connectivity index (χ4v) is 3.96. The Morgan fingerprint density at radius 3 is 2.73 bits per heavy atom. The van der Waals surface area contributed by atoms with Gasteiger partial charge in [-0.25, -0.2) is 14.4 Å². The molecule has 1 aliphatic rings. The predicted octanol–water partition coefficient (Wildman–Crippen LogP) is 3.50. The first kappa shape index (κ1) is 22.8. The standard InChI is InChI=1S/C25H28FN5O2/c1-16-11-18(12-19-7-5-6-8-21(19)26)13-22(28-16)23-15-31(9-10-33-23)24(32)20-14-27-25(30(3)4)29-17(20)2/h5-8,11,13-14,23H,9-10,12,15H2,1-4H3/t23-/m1/s1. The lowest BCUT2D eigenvalue weighted by molar-refractivity contribution is -0.0248. The van der Waals surface area contributed by atoms with Gasteiger partial charge < -0.3 is 14.5 Å². The monoisotopic (exact) mass is 449 g/mol. The zero-order valence-corrected chi connectivity index (χ0v) is 19.4. The van der Waals surface area contributed by atoms with Crippen LogP contribution in [-0.2, 0) is 11.2 Å². The third-order valence-corrected chi connectivity index (χ3v) is 5.67. The van der Waals surface area contributed by atoms with Crippen molar-refractivity contribution in [2.75, 3.05) is 38.7 Å². The van der Waals surface area contributed by atoms with Crippen LogP contribution < -0.4 is 4.90 Å². The third-order valence-electron chi connectivity index (χ3n) is 5.67. The van der Waals surface area contributed by atoms with Gasteiger partial charge in [-0.1, -0.05) is 18.2 Å². The summed E-state index contributed by atoms with van der Waals surface area (Å²) in [7, 11) is 3.72. The summed E-state index contributed by atoms with van der Waals surface area (Å²) in [5.41, 5.74) is 4.29. The van der Waals surface area contributed by atoms with E-state index in [4.69, 9.17) is 4.74 Å². The van der Waals surface area contributed by atoms with Gasteiger partial charge in [-0.05, 0) is 43.2 Å². The molecular formula is C25H28FN5O2. The van der Waals surface area contributed by atoms with Crippen LogP contribution in [0.5, 0.6) is 0 Å². The minimum Gasteiger partial charge on any atom is -0.368 e. The summed E-state index contributed by atoms with van der Waals surface area (Å²) in [5, 5.41) is 0. The molecule has 1 atom stereocenters. The van der Waals surface area contributed by atoms with Gasteiger partial charge in [0.15, 0.2) is 0 Å². The molecule has 33 heavy (non-hydrogen) atoms. The minimum absolute atomic E-state index is 0.120. The van der Waals surface area contributed by atoms with E-state index in [1.807, 2.05) is 46.1 Å². The molecule has 3 aromatic rings. The maximum absolute atomic E-state index is 14.1. The van der Waals surface area contributed by atoms with Crippen LogP contribution in [0.3, 0.4) is 0 Å². The summed E-state index contributed by atoms with van der Waals surface area (Å²) in [6, 6.07) is 10.7. The van der Waals surface area contributed by atoms with Crippen LogP contribution in [0.4, 0.5) is 10.3 Å². The summed E-state index contributed by atoms with van der Waals surface area (Å²) >= 11 is 0. The van der Waals surface area contributed by atoms with Gasteiger partial charge in [0.05, 0.1) is 30.1 Å². The maximum Gasteiger partial charge on any atom is 0.257 e. The van der Waals surface area contributed by atoms with Crippen molar-refractivity contribution >= 4 is 11.9 Å². The molecule has 0 unspecified atom stereocenters. The lowest BCUT2D eigenvalue weighted by Gasteiger charge is -2.33. The quantitative estimate of drug-likeness (QED) is 0.594. The van der Waals surface area contributed by atoms with Crippen molar-refractivity contribution in [1.29, 1.82) is 0 Å². The van der Waals surface area contributed by atoms with Gasteiger partial charge in [-0.3, -0.25) is 9.78 Å². The lowest BCUT2D eigenvalue weighted by atomic mass is 10.0. The number of aryl methyl sites for hydroxylation is 2. The number of amides is 1. The van der Waals surface area contributed by atoms with Crippen molar-refractivity contribution in [3.05, 3.63) is 82.2 Å². The van der Waals surface area contributed by atoms with Crippen molar-refractivity contribution < 1.29 is 13.9 Å². The Kier molecular flexibility index (Phi) is 6.65. The molecule has 0 radical (unpaired) electrons. The average molecular weight is 450 g/mol. The first-order valence-corrected chi connectivity index (χ1v) is 10.9. The Morgan fingerprint density at radius 1 is 1.21 bits per heavy atom. The number of rotatable bonds is 5. The molecule has 0 spiro atoms. The number of carbonyl (C=O) groups is 1. The fraction of sp³-hybridized carbons (Fsp3) is 0.360. The fourth-order valence-electron chi connectivity index (χ4n) is 3.96. The van der Waals surface area contributed by atoms with Gasteiger partial charge >= 0.3 is 0 Å². The van der Waals surface area contributed by atoms with Crippen LogP contribution >= 0.6 is 0 Å². The summed E-state index contributed by atoms with van der Waals surface area (Å²) in [4.78, 5) is 30.1. The molecule has 1 fully saturated rings. The molecule has 4 rings (SSSR count). The molecule has 0 aliphatic carbocycles. The van der Waals surface area contributed by atoms with Crippen molar-refractivity contribution in [3.63, 3.8) is 0 Å². The Bertz CT molecular complexity index is 1170. The topological polar surface area (TPSA) is 71.5 Å². The SMILES string of the molecule is Cc1cc(Cc2ccccc2F)cc([C@H]2CN(C(=O)c3cnc(N(C)C)nc3C)CCO2)n1. The Hall–Kier alpha value is -3.39. The number of ether oxygens (including phenoxy) is 1. The van der Waals surface area contributed by atoms with Crippen LogP contribution in [0.15, 0.2) is 42.6 Å².